The van der Waals surface area contributed by atoms with E-state index in [-0.39, 0.29) is 12.3 Å². The standard InChI is InChI=1S/C26H33ClN2O2/c27-23-9-4-8-22(17-23)26(10-5-11-26)20-28-12-14-29(15-13-28)25-19-30-24(18-31-25)16-21-6-2-1-3-7-21/h1-4,6-9,17,24-25H,5,10-16,18-20H2. The van der Waals surface area contributed by atoms with Crippen molar-refractivity contribution in [3.05, 3.63) is 70.7 Å². The zero-order valence-corrected chi connectivity index (χ0v) is 19.0. The van der Waals surface area contributed by atoms with Gasteiger partial charge in [-0.1, -0.05) is 60.5 Å². The molecule has 4 nitrogen and oxygen atoms in total. The van der Waals surface area contributed by atoms with Crippen molar-refractivity contribution < 1.29 is 9.47 Å². The minimum atomic E-state index is 0.0970. The minimum absolute atomic E-state index is 0.0970. The predicted molar refractivity (Wildman–Crippen MR) is 125 cm³/mol. The molecule has 2 aromatic carbocycles. The number of rotatable bonds is 6. The Morgan fingerprint density at radius 3 is 2.35 bits per heavy atom. The fraction of sp³-hybridized carbons (Fsp3) is 0.538. The van der Waals surface area contributed by atoms with E-state index in [0.717, 1.165) is 44.2 Å². The molecule has 2 heterocycles. The molecule has 166 valence electrons. The summed E-state index contributed by atoms with van der Waals surface area (Å²) in [4.78, 5) is 5.10. The van der Waals surface area contributed by atoms with Gasteiger partial charge in [-0.2, -0.15) is 0 Å². The van der Waals surface area contributed by atoms with Crippen LogP contribution in [-0.2, 0) is 21.3 Å². The first-order valence-corrected chi connectivity index (χ1v) is 12.1. The van der Waals surface area contributed by atoms with Gasteiger partial charge in [-0.25, -0.2) is 0 Å². The number of piperazine rings is 1. The van der Waals surface area contributed by atoms with E-state index in [2.05, 4.69) is 58.3 Å². The molecule has 1 saturated carbocycles. The summed E-state index contributed by atoms with van der Waals surface area (Å²) < 4.78 is 12.4. The Labute approximate surface area is 191 Å². The predicted octanol–water partition coefficient (Wildman–Crippen LogP) is 4.36. The molecule has 3 fully saturated rings. The van der Waals surface area contributed by atoms with Gasteiger partial charge in [0.05, 0.1) is 19.3 Å². The summed E-state index contributed by atoms with van der Waals surface area (Å²) in [6.07, 6.45) is 5.05. The van der Waals surface area contributed by atoms with Crippen LogP contribution in [0.5, 0.6) is 0 Å². The van der Waals surface area contributed by atoms with Crippen molar-refractivity contribution in [3.8, 4) is 0 Å². The van der Waals surface area contributed by atoms with Gasteiger partial charge in [-0.15, -0.1) is 0 Å². The van der Waals surface area contributed by atoms with Gasteiger partial charge in [0, 0.05) is 49.6 Å². The molecule has 2 atom stereocenters. The third-order valence-electron chi connectivity index (χ3n) is 7.34. The van der Waals surface area contributed by atoms with Gasteiger partial charge in [0.15, 0.2) is 0 Å². The molecule has 31 heavy (non-hydrogen) atoms. The average Bonchev–Trinajstić information content (AvgIpc) is 2.78. The van der Waals surface area contributed by atoms with Gasteiger partial charge in [-0.3, -0.25) is 9.80 Å². The van der Waals surface area contributed by atoms with Crippen molar-refractivity contribution in [1.82, 2.24) is 9.80 Å². The molecule has 0 aromatic heterocycles. The van der Waals surface area contributed by atoms with Gasteiger partial charge >= 0.3 is 0 Å². The smallest absolute Gasteiger partial charge is 0.134 e. The fourth-order valence-corrected chi connectivity index (χ4v) is 5.53. The van der Waals surface area contributed by atoms with E-state index >= 15 is 0 Å². The largest absolute Gasteiger partial charge is 0.371 e. The Balaban J connectivity index is 1.09. The summed E-state index contributed by atoms with van der Waals surface area (Å²) in [5.74, 6) is 0. The summed E-state index contributed by atoms with van der Waals surface area (Å²) in [5, 5.41) is 0.855. The van der Waals surface area contributed by atoms with E-state index in [9.17, 15) is 0 Å². The third-order valence-corrected chi connectivity index (χ3v) is 7.58. The normalized spacial score (nSPS) is 27.0. The molecule has 5 heteroatoms. The van der Waals surface area contributed by atoms with Crippen molar-refractivity contribution in [3.63, 3.8) is 0 Å². The number of ether oxygens (including phenoxy) is 2. The van der Waals surface area contributed by atoms with Gasteiger partial charge in [0.1, 0.15) is 6.23 Å². The lowest BCUT2D eigenvalue weighted by atomic mass is 9.64. The Morgan fingerprint density at radius 1 is 0.903 bits per heavy atom. The molecule has 2 saturated heterocycles. The lowest BCUT2D eigenvalue weighted by Crippen LogP contribution is -2.57. The highest BCUT2D eigenvalue weighted by atomic mass is 35.5. The van der Waals surface area contributed by atoms with E-state index in [1.165, 1.54) is 30.4 Å². The topological polar surface area (TPSA) is 24.9 Å². The molecular weight excluding hydrogens is 408 g/mol. The molecule has 2 aromatic rings. The van der Waals surface area contributed by atoms with Crippen LogP contribution in [0.1, 0.15) is 30.4 Å². The van der Waals surface area contributed by atoms with Crippen molar-refractivity contribution in [2.24, 2.45) is 0 Å². The second-order valence-electron chi connectivity index (χ2n) is 9.39. The molecule has 0 N–H and O–H groups in total. The summed E-state index contributed by atoms with van der Waals surface area (Å²) in [6, 6.07) is 19.1. The van der Waals surface area contributed by atoms with Crippen molar-refractivity contribution in [2.45, 2.75) is 43.4 Å². The maximum Gasteiger partial charge on any atom is 0.134 e. The molecule has 5 rings (SSSR count). The molecule has 1 aliphatic carbocycles. The summed E-state index contributed by atoms with van der Waals surface area (Å²) in [5.41, 5.74) is 3.03. The molecular formula is C26H33ClN2O2. The highest BCUT2D eigenvalue weighted by molar-refractivity contribution is 6.30. The van der Waals surface area contributed by atoms with E-state index < -0.39 is 0 Å². The fourth-order valence-electron chi connectivity index (χ4n) is 5.34. The van der Waals surface area contributed by atoms with Crippen LogP contribution in [-0.4, -0.2) is 68.1 Å². The highest BCUT2D eigenvalue weighted by Crippen LogP contribution is 2.45. The van der Waals surface area contributed by atoms with Gasteiger partial charge in [0.2, 0.25) is 0 Å². The van der Waals surface area contributed by atoms with Crippen LogP contribution in [0, 0.1) is 0 Å². The van der Waals surface area contributed by atoms with E-state index in [1.807, 2.05) is 6.07 Å². The molecule has 2 unspecified atom stereocenters. The zero-order valence-electron chi connectivity index (χ0n) is 18.2. The zero-order chi connectivity index (χ0) is 21.1. The Kier molecular flexibility index (Phi) is 6.63. The Morgan fingerprint density at radius 2 is 1.71 bits per heavy atom. The lowest BCUT2D eigenvalue weighted by Gasteiger charge is -2.48. The summed E-state index contributed by atoms with van der Waals surface area (Å²) in [7, 11) is 0. The Bertz CT molecular complexity index is 841. The highest BCUT2D eigenvalue weighted by Gasteiger charge is 2.41. The molecule has 3 aliphatic rings. The SMILES string of the molecule is Clc1cccc(C2(CN3CCN(C4COC(Cc5ccccc5)CO4)CC3)CCC2)c1. The van der Waals surface area contributed by atoms with Crippen LogP contribution in [0.4, 0.5) is 0 Å². The van der Waals surface area contributed by atoms with Crippen molar-refractivity contribution in [2.75, 3.05) is 45.9 Å². The first kappa shape index (κ1) is 21.4. The second kappa shape index (κ2) is 9.60. The number of hydrogen-bond acceptors (Lipinski definition) is 4. The molecule has 0 bridgehead atoms. The van der Waals surface area contributed by atoms with Crippen LogP contribution in [0.15, 0.2) is 54.6 Å². The second-order valence-corrected chi connectivity index (χ2v) is 9.83. The molecule has 0 radical (unpaired) electrons. The number of hydrogen-bond donors (Lipinski definition) is 0. The van der Waals surface area contributed by atoms with E-state index in [1.54, 1.807) is 0 Å². The molecule has 0 amide bonds. The van der Waals surface area contributed by atoms with Crippen molar-refractivity contribution >= 4 is 11.6 Å². The first-order valence-electron chi connectivity index (χ1n) is 11.7. The molecule has 2 aliphatic heterocycles. The maximum atomic E-state index is 6.29. The Hall–Kier alpha value is -1.43. The summed E-state index contributed by atoms with van der Waals surface area (Å²) >= 11 is 6.29. The van der Waals surface area contributed by atoms with Crippen LogP contribution in [0.2, 0.25) is 5.02 Å². The van der Waals surface area contributed by atoms with Crippen LogP contribution >= 0.6 is 11.6 Å². The van der Waals surface area contributed by atoms with Gasteiger partial charge in [0.25, 0.3) is 0 Å². The van der Waals surface area contributed by atoms with Crippen molar-refractivity contribution in [1.29, 1.82) is 0 Å². The van der Waals surface area contributed by atoms with Gasteiger partial charge in [-0.05, 0) is 36.1 Å². The summed E-state index contributed by atoms with van der Waals surface area (Å²) in [6.45, 7) is 6.77. The molecule has 0 spiro atoms. The minimum Gasteiger partial charge on any atom is -0.371 e. The number of nitrogens with zero attached hydrogens (tertiary/aromatic N) is 2. The van der Waals surface area contributed by atoms with E-state index in [0.29, 0.717) is 18.6 Å². The van der Waals surface area contributed by atoms with Crippen LogP contribution < -0.4 is 0 Å². The lowest BCUT2D eigenvalue weighted by molar-refractivity contribution is -0.190. The quantitative estimate of drug-likeness (QED) is 0.666. The average molecular weight is 441 g/mol. The first-order chi connectivity index (χ1) is 15.2. The maximum absolute atomic E-state index is 6.29. The van der Waals surface area contributed by atoms with Gasteiger partial charge < -0.3 is 9.47 Å². The third kappa shape index (κ3) is 4.99. The van der Waals surface area contributed by atoms with E-state index in [4.69, 9.17) is 21.1 Å². The van der Waals surface area contributed by atoms with Crippen LogP contribution in [0.25, 0.3) is 0 Å². The number of halogens is 1. The van der Waals surface area contributed by atoms with Crippen LogP contribution in [0.3, 0.4) is 0 Å². The monoisotopic (exact) mass is 440 g/mol. The number of benzene rings is 2.